The first-order valence-electron chi connectivity index (χ1n) is 8.54. The van der Waals surface area contributed by atoms with E-state index in [2.05, 4.69) is 41.3 Å². The molecule has 0 spiro atoms. The Balaban J connectivity index is 2.03. The van der Waals surface area contributed by atoms with Gasteiger partial charge in [0, 0.05) is 12.5 Å². The van der Waals surface area contributed by atoms with E-state index in [0.717, 1.165) is 42.4 Å². The first kappa shape index (κ1) is 16.2. The molecule has 0 radical (unpaired) electrons. The number of hydrogen-bond donors (Lipinski definition) is 0. The van der Waals surface area contributed by atoms with E-state index in [4.69, 9.17) is 0 Å². The lowest BCUT2D eigenvalue weighted by molar-refractivity contribution is -0.122. The van der Waals surface area contributed by atoms with E-state index >= 15 is 0 Å². The number of carbonyl (C=O) groups is 1. The highest BCUT2D eigenvalue weighted by Gasteiger charge is 2.21. The first-order valence-corrected chi connectivity index (χ1v) is 9.36. The van der Waals surface area contributed by atoms with Crippen molar-refractivity contribution >= 4 is 27.5 Å². The van der Waals surface area contributed by atoms with Gasteiger partial charge in [-0.1, -0.05) is 49.7 Å². The fourth-order valence-electron chi connectivity index (χ4n) is 3.26. The van der Waals surface area contributed by atoms with E-state index in [1.54, 1.807) is 11.3 Å². The van der Waals surface area contributed by atoms with Gasteiger partial charge in [-0.05, 0) is 37.0 Å². The minimum absolute atomic E-state index is 0.0600. The molecule has 1 fully saturated rings. The number of aromatic nitrogens is 1. The van der Waals surface area contributed by atoms with Gasteiger partial charge in [0.05, 0.1) is 10.2 Å². The van der Waals surface area contributed by atoms with Crippen LogP contribution in [0.1, 0.15) is 44.6 Å². The monoisotopic (exact) mass is 328 g/mol. The molecule has 3 rings (SSSR count). The van der Waals surface area contributed by atoms with Crippen LogP contribution >= 0.6 is 11.3 Å². The molecule has 0 saturated heterocycles. The number of fused-ring (bicyclic) bond motifs is 1. The summed E-state index contributed by atoms with van der Waals surface area (Å²) in [6, 6.07) is 6.50. The predicted molar refractivity (Wildman–Crippen MR) is 96.5 cm³/mol. The zero-order chi connectivity index (χ0) is 16.2. The lowest BCUT2D eigenvalue weighted by Crippen LogP contribution is -2.21. The van der Waals surface area contributed by atoms with E-state index < -0.39 is 0 Å². The van der Waals surface area contributed by atoms with Gasteiger partial charge in [0.15, 0.2) is 4.80 Å². The Morgan fingerprint density at radius 2 is 2.17 bits per heavy atom. The van der Waals surface area contributed by atoms with Gasteiger partial charge in [-0.3, -0.25) is 4.79 Å². The molecule has 3 nitrogen and oxygen atoms in total. The van der Waals surface area contributed by atoms with Gasteiger partial charge in [0.1, 0.15) is 0 Å². The van der Waals surface area contributed by atoms with E-state index in [1.165, 1.54) is 16.7 Å². The van der Waals surface area contributed by atoms with E-state index in [9.17, 15) is 4.79 Å². The van der Waals surface area contributed by atoms with Gasteiger partial charge in [-0.15, -0.1) is 6.58 Å². The molecule has 2 aromatic rings. The van der Waals surface area contributed by atoms with E-state index in [1.807, 2.05) is 6.08 Å². The Kier molecular flexibility index (Phi) is 5.11. The van der Waals surface area contributed by atoms with Crippen molar-refractivity contribution in [2.75, 3.05) is 0 Å². The SMILES string of the molecule is C=CCn1c(=NC(=O)C2CCCCC2)sc2cc(CC)ccc21. The van der Waals surface area contributed by atoms with Gasteiger partial charge in [0.25, 0.3) is 5.91 Å². The predicted octanol–water partition coefficient (Wildman–Crippen LogP) is 4.46. The third kappa shape index (κ3) is 3.47. The topological polar surface area (TPSA) is 34.4 Å². The second-order valence-electron chi connectivity index (χ2n) is 6.22. The Bertz CT molecular complexity index is 778. The maximum Gasteiger partial charge on any atom is 0.251 e. The Morgan fingerprint density at radius 1 is 1.39 bits per heavy atom. The number of amides is 1. The fraction of sp³-hybridized carbons (Fsp3) is 0.474. The molecule has 0 unspecified atom stereocenters. The van der Waals surface area contributed by atoms with Crippen molar-refractivity contribution in [1.82, 2.24) is 4.57 Å². The van der Waals surface area contributed by atoms with E-state index in [-0.39, 0.29) is 11.8 Å². The lowest BCUT2D eigenvalue weighted by Gasteiger charge is -2.17. The van der Waals surface area contributed by atoms with Crippen molar-refractivity contribution in [2.24, 2.45) is 10.9 Å². The molecule has 1 aliphatic rings. The average molecular weight is 328 g/mol. The number of hydrogen-bond acceptors (Lipinski definition) is 2. The molecule has 1 heterocycles. The Morgan fingerprint density at radius 3 is 2.87 bits per heavy atom. The summed E-state index contributed by atoms with van der Waals surface area (Å²) in [6.07, 6.45) is 8.44. The molecule has 0 aliphatic heterocycles. The molecule has 1 aliphatic carbocycles. The molecule has 1 saturated carbocycles. The summed E-state index contributed by atoms with van der Waals surface area (Å²) >= 11 is 1.61. The highest BCUT2D eigenvalue weighted by molar-refractivity contribution is 7.16. The van der Waals surface area contributed by atoms with Crippen molar-refractivity contribution in [3.8, 4) is 0 Å². The van der Waals surface area contributed by atoms with Crippen LogP contribution in [-0.4, -0.2) is 10.5 Å². The van der Waals surface area contributed by atoms with Crippen LogP contribution in [0, 0.1) is 5.92 Å². The zero-order valence-corrected chi connectivity index (χ0v) is 14.6. The van der Waals surface area contributed by atoms with Crippen molar-refractivity contribution < 1.29 is 4.79 Å². The smallest absolute Gasteiger partial charge is 0.251 e. The second-order valence-corrected chi connectivity index (χ2v) is 7.23. The van der Waals surface area contributed by atoms with Crippen molar-refractivity contribution in [3.05, 3.63) is 41.2 Å². The quantitative estimate of drug-likeness (QED) is 0.763. The number of aryl methyl sites for hydroxylation is 1. The summed E-state index contributed by atoms with van der Waals surface area (Å²) in [4.78, 5) is 17.8. The number of thiazole rings is 1. The standard InChI is InChI=1S/C19H24N2OS/c1-3-12-21-16-11-10-14(4-2)13-17(16)23-19(21)20-18(22)15-8-6-5-7-9-15/h3,10-11,13,15H,1,4-9,12H2,2H3. The normalized spacial score (nSPS) is 16.8. The van der Waals surface area contributed by atoms with Crippen LogP contribution in [0.5, 0.6) is 0 Å². The van der Waals surface area contributed by atoms with Gasteiger partial charge in [-0.2, -0.15) is 4.99 Å². The number of carbonyl (C=O) groups excluding carboxylic acids is 1. The van der Waals surface area contributed by atoms with Crippen molar-refractivity contribution in [3.63, 3.8) is 0 Å². The highest BCUT2D eigenvalue weighted by Crippen LogP contribution is 2.25. The maximum atomic E-state index is 12.5. The van der Waals surface area contributed by atoms with Crippen molar-refractivity contribution in [1.29, 1.82) is 0 Å². The average Bonchev–Trinajstić information content (AvgIpc) is 2.92. The number of benzene rings is 1. The third-order valence-corrected chi connectivity index (χ3v) is 5.67. The van der Waals surface area contributed by atoms with Gasteiger partial charge >= 0.3 is 0 Å². The summed E-state index contributed by atoms with van der Waals surface area (Å²) < 4.78 is 3.30. The van der Waals surface area contributed by atoms with Crippen LogP contribution in [0.25, 0.3) is 10.2 Å². The summed E-state index contributed by atoms with van der Waals surface area (Å²) in [5.74, 6) is 0.183. The zero-order valence-electron chi connectivity index (χ0n) is 13.8. The maximum absolute atomic E-state index is 12.5. The van der Waals surface area contributed by atoms with Gasteiger partial charge in [0.2, 0.25) is 0 Å². The van der Waals surface area contributed by atoms with E-state index in [0.29, 0.717) is 6.54 Å². The van der Waals surface area contributed by atoms with Gasteiger partial charge in [-0.25, -0.2) is 0 Å². The second kappa shape index (κ2) is 7.26. The Hall–Kier alpha value is -1.68. The van der Waals surface area contributed by atoms with Crippen LogP contribution in [0.15, 0.2) is 35.8 Å². The third-order valence-electron chi connectivity index (χ3n) is 4.63. The molecule has 23 heavy (non-hydrogen) atoms. The minimum atomic E-state index is 0.0600. The summed E-state index contributed by atoms with van der Waals surface area (Å²) in [7, 11) is 0. The Labute approximate surface area is 141 Å². The minimum Gasteiger partial charge on any atom is -0.313 e. The van der Waals surface area contributed by atoms with Crippen molar-refractivity contribution in [2.45, 2.75) is 52.0 Å². The molecular weight excluding hydrogens is 304 g/mol. The largest absolute Gasteiger partial charge is 0.313 e. The molecule has 0 N–H and O–H groups in total. The molecule has 4 heteroatoms. The summed E-state index contributed by atoms with van der Waals surface area (Å²) in [5, 5.41) is 0. The lowest BCUT2D eigenvalue weighted by atomic mass is 9.89. The van der Waals surface area contributed by atoms with Gasteiger partial charge < -0.3 is 4.57 Å². The highest BCUT2D eigenvalue weighted by atomic mass is 32.1. The summed E-state index contributed by atoms with van der Waals surface area (Å²) in [5.41, 5.74) is 2.46. The molecular formula is C19H24N2OS. The molecule has 0 atom stereocenters. The molecule has 0 bridgehead atoms. The molecule has 1 aromatic carbocycles. The number of nitrogens with zero attached hydrogens (tertiary/aromatic N) is 2. The fourth-order valence-corrected chi connectivity index (χ4v) is 4.37. The molecule has 1 amide bonds. The van der Waals surface area contributed by atoms with Crippen LogP contribution < -0.4 is 4.80 Å². The number of allylic oxidation sites excluding steroid dienone is 1. The number of rotatable bonds is 4. The van der Waals surface area contributed by atoms with Crippen LogP contribution in [0.3, 0.4) is 0 Å². The van der Waals surface area contributed by atoms with Crippen LogP contribution in [0.2, 0.25) is 0 Å². The summed E-state index contributed by atoms with van der Waals surface area (Å²) in [6.45, 7) is 6.68. The molecule has 1 aromatic heterocycles. The van der Waals surface area contributed by atoms with Crippen LogP contribution in [0.4, 0.5) is 0 Å². The first-order chi connectivity index (χ1) is 11.2. The van der Waals surface area contributed by atoms with Crippen LogP contribution in [-0.2, 0) is 17.8 Å². The molecule has 122 valence electrons.